The molecule has 39 heavy (non-hydrogen) atoms. The molecule has 3 aromatic heterocycles. The lowest BCUT2D eigenvalue weighted by Crippen LogP contribution is -2.22. The quantitative estimate of drug-likeness (QED) is 0.290. The van der Waals surface area contributed by atoms with Gasteiger partial charge in [-0.3, -0.25) is 9.36 Å². The second kappa shape index (κ2) is 10.2. The van der Waals surface area contributed by atoms with Crippen LogP contribution in [0.1, 0.15) is 30.7 Å². The first kappa shape index (κ1) is 25.1. The summed E-state index contributed by atoms with van der Waals surface area (Å²) in [7, 11) is 0. The summed E-state index contributed by atoms with van der Waals surface area (Å²) in [4.78, 5) is 26.8. The number of hydrogen-bond donors (Lipinski definition) is 2. The first-order valence-corrected chi connectivity index (χ1v) is 13.1. The molecule has 0 radical (unpaired) electrons. The average molecular weight is 546 g/mol. The molecule has 1 unspecified atom stereocenters. The normalized spacial score (nSPS) is 15.2. The third-order valence-electron chi connectivity index (χ3n) is 6.94. The average Bonchev–Trinajstić information content (AvgIpc) is 3.61. The summed E-state index contributed by atoms with van der Waals surface area (Å²) in [5.74, 6) is 1.05. The van der Waals surface area contributed by atoms with Crippen LogP contribution in [0.4, 0.5) is 16.0 Å². The van der Waals surface area contributed by atoms with Crippen molar-refractivity contribution in [1.82, 2.24) is 30.0 Å². The number of nitrogens with zero attached hydrogens (tertiary/aromatic N) is 5. The topological polar surface area (TPSA) is 111 Å². The predicted octanol–water partition coefficient (Wildman–Crippen LogP) is 5.45. The molecule has 0 aliphatic carbocycles. The zero-order valence-corrected chi connectivity index (χ0v) is 22.1. The van der Waals surface area contributed by atoms with Gasteiger partial charge in [0.15, 0.2) is 0 Å². The molecule has 0 spiro atoms. The number of rotatable bonds is 6. The molecule has 1 fully saturated rings. The highest BCUT2D eigenvalue weighted by Crippen LogP contribution is 2.32. The molecule has 6 rings (SSSR count). The number of anilines is 2. The SMILES string of the molecule is CCn1c(=O)c(-c2ccc(-c3noc(C)n3)cc2Cl)cc2cnc(Nc3ccc(C4CCNC4)c(F)c3)nc21. The number of aryl methyl sites for hydroxylation is 2. The highest BCUT2D eigenvalue weighted by Gasteiger charge is 2.20. The van der Waals surface area contributed by atoms with Crippen molar-refractivity contribution in [2.75, 3.05) is 18.4 Å². The van der Waals surface area contributed by atoms with Crippen molar-refractivity contribution in [3.05, 3.63) is 81.3 Å². The summed E-state index contributed by atoms with van der Waals surface area (Å²) >= 11 is 6.61. The number of nitrogens with one attached hydrogen (secondary N) is 2. The fourth-order valence-corrected chi connectivity index (χ4v) is 5.26. The van der Waals surface area contributed by atoms with E-state index in [1.165, 1.54) is 6.07 Å². The van der Waals surface area contributed by atoms with Crippen molar-refractivity contribution >= 4 is 34.3 Å². The Hall–Kier alpha value is -4.15. The zero-order chi connectivity index (χ0) is 27.1. The first-order chi connectivity index (χ1) is 18.9. The van der Waals surface area contributed by atoms with E-state index in [1.807, 2.05) is 13.0 Å². The maximum Gasteiger partial charge on any atom is 0.260 e. The molecule has 1 atom stereocenters. The smallest absolute Gasteiger partial charge is 0.260 e. The van der Waals surface area contributed by atoms with Crippen molar-refractivity contribution in [3.8, 4) is 22.5 Å². The van der Waals surface area contributed by atoms with Gasteiger partial charge in [-0.15, -0.1) is 0 Å². The van der Waals surface area contributed by atoms with Crippen LogP contribution in [-0.2, 0) is 6.54 Å². The van der Waals surface area contributed by atoms with E-state index in [9.17, 15) is 9.18 Å². The lowest BCUT2D eigenvalue weighted by Gasteiger charge is -2.14. The van der Waals surface area contributed by atoms with Gasteiger partial charge < -0.3 is 15.2 Å². The summed E-state index contributed by atoms with van der Waals surface area (Å²) in [6.45, 7) is 5.64. The lowest BCUT2D eigenvalue weighted by atomic mass is 9.97. The van der Waals surface area contributed by atoms with Gasteiger partial charge in [0.25, 0.3) is 5.56 Å². The van der Waals surface area contributed by atoms with Gasteiger partial charge in [0.2, 0.25) is 17.7 Å². The van der Waals surface area contributed by atoms with Gasteiger partial charge in [-0.25, -0.2) is 9.37 Å². The van der Waals surface area contributed by atoms with Crippen LogP contribution in [0, 0.1) is 12.7 Å². The fourth-order valence-electron chi connectivity index (χ4n) is 4.98. The van der Waals surface area contributed by atoms with Crippen molar-refractivity contribution in [2.24, 2.45) is 0 Å². The van der Waals surface area contributed by atoms with Gasteiger partial charge in [-0.1, -0.05) is 35.0 Å². The Kier molecular flexibility index (Phi) is 6.58. The van der Waals surface area contributed by atoms with Crippen molar-refractivity contribution < 1.29 is 8.91 Å². The van der Waals surface area contributed by atoms with E-state index in [1.54, 1.807) is 48.0 Å². The molecule has 5 aromatic rings. The van der Waals surface area contributed by atoms with Crippen LogP contribution < -0.4 is 16.2 Å². The highest BCUT2D eigenvalue weighted by atomic mass is 35.5. The maximum absolute atomic E-state index is 14.8. The second-order valence-corrected chi connectivity index (χ2v) is 9.87. The molecule has 0 bridgehead atoms. The molecule has 1 saturated heterocycles. The Labute approximate surface area is 228 Å². The third kappa shape index (κ3) is 4.77. The molecule has 1 aliphatic rings. The Morgan fingerprint density at radius 2 is 2.05 bits per heavy atom. The van der Waals surface area contributed by atoms with Gasteiger partial charge in [0.05, 0.1) is 0 Å². The van der Waals surface area contributed by atoms with Gasteiger partial charge in [0.1, 0.15) is 11.5 Å². The Morgan fingerprint density at radius 3 is 2.74 bits per heavy atom. The standard InChI is InChI=1S/C28H25ClFN7O2/c1-3-37-26-18(10-22(27(37)38)21-6-4-16(11-23(21)29)25-33-15(2)39-36-25)14-32-28(35-26)34-19-5-7-20(24(30)12-19)17-8-9-31-13-17/h4-7,10-12,14,17,31H,3,8-9,13H2,1-2H3,(H,32,34,35). The molecule has 2 N–H and O–H groups in total. The van der Waals surface area contributed by atoms with E-state index in [-0.39, 0.29) is 23.2 Å². The Morgan fingerprint density at radius 1 is 1.18 bits per heavy atom. The molecule has 2 aromatic carbocycles. The van der Waals surface area contributed by atoms with Gasteiger partial charge in [-0.05, 0) is 49.7 Å². The van der Waals surface area contributed by atoms with E-state index in [0.29, 0.717) is 62.3 Å². The molecule has 0 saturated carbocycles. The minimum atomic E-state index is -0.262. The molecule has 4 heterocycles. The van der Waals surface area contributed by atoms with Crippen molar-refractivity contribution in [1.29, 1.82) is 0 Å². The third-order valence-corrected chi connectivity index (χ3v) is 7.26. The largest absolute Gasteiger partial charge is 0.339 e. The molecule has 0 amide bonds. The summed E-state index contributed by atoms with van der Waals surface area (Å²) in [5.41, 5.74) is 3.15. The minimum Gasteiger partial charge on any atom is -0.339 e. The monoisotopic (exact) mass is 545 g/mol. The molecule has 198 valence electrons. The van der Waals surface area contributed by atoms with Gasteiger partial charge >= 0.3 is 0 Å². The second-order valence-electron chi connectivity index (χ2n) is 9.46. The van der Waals surface area contributed by atoms with Crippen LogP contribution in [0.5, 0.6) is 0 Å². The molecular formula is C28H25ClFN7O2. The van der Waals surface area contributed by atoms with Gasteiger partial charge in [0, 0.05) is 64.9 Å². The number of halogens is 2. The van der Waals surface area contributed by atoms with E-state index in [4.69, 9.17) is 16.1 Å². The molecule has 11 heteroatoms. The maximum atomic E-state index is 14.8. The summed E-state index contributed by atoms with van der Waals surface area (Å²) in [6.07, 6.45) is 2.56. The molecular weight excluding hydrogens is 521 g/mol. The fraction of sp³-hybridized carbons (Fsp3) is 0.250. The number of hydrogen-bond acceptors (Lipinski definition) is 8. The number of pyridine rings is 1. The number of aromatic nitrogens is 5. The highest BCUT2D eigenvalue weighted by molar-refractivity contribution is 6.33. The molecule has 1 aliphatic heterocycles. The summed E-state index contributed by atoms with van der Waals surface area (Å²) in [6, 6.07) is 12.1. The van der Waals surface area contributed by atoms with Crippen LogP contribution in [0.2, 0.25) is 5.02 Å². The minimum absolute atomic E-state index is 0.178. The van der Waals surface area contributed by atoms with Gasteiger partial charge in [-0.2, -0.15) is 9.97 Å². The van der Waals surface area contributed by atoms with Crippen LogP contribution in [0.3, 0.4) is 0 Å². The van der Waals surface area contributed by atoms with E-state index < -0.39 is 0 Å². The number of fused-ring (bicyclic) bond motifs is 1. The van der Waals surface area contributed by atoms with Crippen LogP contribution in [0.15, 0.2) is 58.0 Å². The van der Waals surface area contributed by atoms with E-state index in [0.717, 1.165) is 19.5 Å². The molecule has 9 nitrogen and oxygen atoms in total. The number of benzene rings is 2. The first-order valence-electron chi connectivity index (χ1n) is 12.7. The van der Waals surface area contributed by atoms with Crippen LogP contribution in [-0.4, -0.2) is 37.8 Å². The summed E-state index contributed by atoms with van der Waals surface area (Å²) < 4.78 is 21.4. The van der Waals surface area contributed by atoms with E-state index in [2.05, 4.69) is 30.7 Å². The zero-order valence-electron chi connectivity index (χ0n) is 21.3. The van der Waals surface area contributed by atoms with Crippen LogP contribution >= 0.6 is 11.6 Å². The summed E-state index contributed by atoms with van der Waals surface area (Å²) in [5, 5.41) is 11.3. The Bertz CT molecular complexity index is 1760. The van der Waals surface area contributed by atoms with Crippen molar-refractivity contribution in [3.63, 3.8) is 0 Å². The van der Waals surface area contributed by atoms with Crippen LogP contribution in [0.25, 0.3) is 33.5 Å². The predicted molar refractivity (Wildman–Crippen MR) is 148 cm³/mol. The lowest BCUT2D eigenvalue weighted by molar-refractivity contribution is 0.394. The van der Waals surface area contributed by atoms with Crippen molar-refractivity contribution in [2.45, 2.75) is 32.7 Å². The van der Waals surface area contributed by atoms with E-state index >= 15 is 0 Å². The Balaban J connectivity index is 1.33.